The maximum absolute atomic E-state index is 6.33. The first kappa shape index (κ1) is 11.2. The van der Waals surface area contributed by atoms with Crippen LogP contribution in [0.15, 0.2) is 54.6 Å². The smallest absolute Gasteiger partial charge is 0.0304 e. The van der Waals surface area contributed by atoms with Crippen LogP contribution in [0.1, 0.15) is 24.9 Å². The predicted molar refractivity (Wildman–Crippen MR) is 78.7 cm³/mol. The van der Waals surface area contributed by atoms with Crippen molar-refractivity contribution in [3.63, 3.8) is 0 Å². The molecule has 0 aromatic heterocycles. The zero-order valence-corrected chi connectivity index (χ0v) is 10.6. The Kier molecular flexibility index (Phi) is 2.77. The molecule has 18 heavy (non-hydrogen) atoms. The van der Waals surface area contributed by atoms with Gasteiger partial charge in [-0.2, -0.15) is 0 Å². The summed E-state index contributed by atoms with van der Waals surface area (Å²) in [7, 11) is 0. The summed E-state index contributed by atoms with van der Waals surface area (Å²) in [5.74, 6) is 0. The molecular formula is C17H17N. The maximum Gasteiger partial charge on any atom is 0.0304 e. The molecule has 3 aromatic rings. The Balaban J connectivity index is 2.49. The van der Waals surface area contributed by atoms with Gasteiger partial charge < -0.3 is 5.73 Å². The molecule has 1 nitrogen and oxygen atoms in total. The third kappa shape index (κ3) is 1.68. The van der Waals surface area contributed by atoms with E-state index in [1.54, 1.807) is 0 Å². The predicted octanol–water partition coefficient (Wildman–Crippen LogP) is 4.40. The fraction of sp³-hybridized carbons (Fsp3) is 0.176. The molecule has 1 atom stereocenters. The molecule has 0 amide bonds. The van der Waals surface area contributed by atoms with Crippen molar-refractivity contribution in [2.75, 3.05) is 0 Å². The van der Waals surface area contributed by atoms with E-state index < -0.39 is 0 Å². The van der Waals surface area contributed by atoms with Gasteiger partial charge in [0.25, 0.3) is 0 Å². The fourth-order valence-corrected chi connectivity index (χ4v) is 2.65. The van der Waals surface area contributed by atoms with Crippen molar-refractivity contribution in [3.8, 4) is 0 Å². The molecule has 90 valence electrons. The summed E-state index contributed by atoms with van der Waals surface area (Å²) in [6, 6.07) is 19.3. The Hall–Kier alpha value is -1.86. The molecule has 0 aliphatic carbocycles. The van der Waals surface area contributed by atoms with Gasteiger partial charge in [-0.05, 0) is 39.6 Å². The minimum atomic E-state index is 0.0981. The third-order valence-electron chi connectivity index (χ3n) is 3.62. The SMILES string of the molecule is CC[C@@H](N)c1c2ccccc2cc2ccccc12. The Bertz CT molecular complexity index is 646. The van der Waals surface area contributed by atoms with Gasteiger partial charge in [0.2, 0.25) is 0 Å². The number of nitrogens with two attached hydrogens (primary N) is 1. The van der Waals surface area contributed by atoms with Crippen LogP contribution in [0.3, 0.4) is 0 Å². The number of fused-ring (bicyclic) bond motifs is 2. The standard InChI is InChI=1S/C17H17N/c1-2-16(18)17-14-9-5-3-7-12(14)11-13-8-4-6-10-15(13)17/h3-11,16H,2,18H2,1H3/t16-/m1/s1. The minimum Gasteiger partial charge on any atom is -0.324 e. The van der Waals surface area contributed by atoms with Gasteiger partial charge in [-0.25, -0.2) is 0 Å². The van der Waals surface area contributed by atoms with Gasteiger partial charge in [0.1, 0.15) is 0 Å². The van der Waals surface area contributed by atoms with E-state index in [-0.39, 0.29) is 6.04 Å². The molecular weight excluding hydrogens is 218 g/mol. The number of rotatable bonds is 2. The Morgan fingerprint density at radius 3 is 1.89 bits per heavy atom. The number of hydrogen-bond acceptors (Lipinski definition) is 1. The lowest BCUT2D eigenvalue weighted by Crippen LogP contribution is -2.09. The summed E-state index contributed by atoms with van der Waals surface area (Å²) >= 11 is 0. The molecule has 0 radical (unpaired) electrons. The van der Waals surface area contributed by atoms with Crippen molar-refractivity contribution >= 4 is 21.5 Å². The molecule has 0 aliphatic heterocycles. The van der Waals surface area contributed by atoms with Crippen molar-refractivity contribution in [1.82, 2.24) is 0 Å². The van der Waals surface area contributed by atoms with Crippen LogP contribution in [0, 0.1) is 0 Å². The van der Waals surface area contributed by atoms with Crippen molar-refractivity contribution < 1.29 is 0 Å². The Morgan fingerprint density at radius 1 is 0.889 bits per heavy atom. The van der Waals surface area contributed by atoms with E-state index in [0.717, 1.165) is 6.42 Å². The fourth-order valence-electron chi connectivity index (χ4n) is 2.65. The zero-order chi connectivity index (χ0) is 12.5. The summed E-state index contributed by atoms with van der Waals surface area (Å²) in [4.78, 5) is 0. The van der Waals surface area contributed by atoms with Gasteiger partial charge in [-0.1, -0.05) is 55.5 Å². The van der Waals surface area contributed by atoms with Crippen LogP contribution in [0.2, 0.25) is 0 Å². The second-order valence-corrected chi connectivity index (χ2v) is 4.75. The van der Waals surface area contributed by atoms with E-state index in [4.69, 9.17) is 5.73 Å². The lowest BCUT2D eigenvalue weighted by molar-refractivity contribution is 0.709. The summed E-state index contributed by atoms with van der Waals surface area (Å²) in [6.07, 6.45) is 0.956. The van der Waals surface area contributed by atoms with E-state index in [0.29, 0.717) is 0 Å². The van der Waals surface area contributed by atoms with Crippen LogP contribution in [-0.4, -0.2) is 0 Å². The van der Waals surface area contributed by atoms with E-state index in [1.165, 1.54) is 27.1 Å². The normalized spacial score (nSPS) is 13.0. The molecule has 0 spiro atoms. The lowest BCUT2D eigenvalue weighted by atomic mass is 9.91. The minimum absolute atomic E-state index is 0.0981. The summed E-state index contributed by atoms with van der Waals surface area (Å²) < 4.78 is 0. The molecule has 3 rings (SSSR count). The first-order valence-electron chi connectivity index (χ1n) is 6.47. The molecule has 0 aliphatic rings. The highest BCUT2D eigenvalue weighted by Crippen LogP contribution is 2.32. The van der Waals surface area contributed by atoms with Gasteiger partial charge in [0, 0.05) is 6.04 Å². The van der Waals surface area contributed by atoms with E-state index >= 15 is 0 Å². The average Bonchev–Trinajstić information content (AvgIpc) is 2.44. The molecule has 0 saturated heterocycles. The van der Waals surface area contributed by atoms with Crippen molar-refractivity contribution in [1.29, 1.82) is 0 Å². The van der Waals surface area contributed by atoms with E-state index in [1.807, 2.05) is 0 Å². The highest BCUT2D eigenvalue weighted by Gasteiger charge is 2.12. The average molecular weight is 235 g/mol. The lowest BCUT2D eigenvalue weighted by Gasteiger charge is -2.16. The second kappa shape index (κ2) is 4.43. The summed E-state index contributed by atoms with van der Waals surface area (Å²) in [5, 5.41) is 5.11. The van der Waals surface area contributed by atoms with Gasteiger partial charge in [0.05, 0.1) is 0 Å². The highest BCUT2D eigenvalue weighted by atomic mass is 14.6. The molecule has 2 N–H and O–H groups in total. The van der Waals surface area contributed by atoms with Crippen LogP contribution in [0.4, 0.5) is 0 Å². The second-order valence-electron chi connectivity index (χ2n) is 4.75. The van der Waals surface area contributed by atoms with Crippen molar-refractivity contribution in [2.24, 2.45) is 5.73 Å². The van der Waals surface area contributed by atoms with Crippen LogP contribution >= 0.6 is 0 Å². The van der Waals surface area contributed by atoms with Gasteiger partial charge >= 0.3 is 0 Å². The van der Waals surface area contributed by atoms with Gasteiger partial charge in [-0.3, -0.25) is 0 Å². The quantitative estimate of drug-likeness (QED) is 0.654. The molecule has 0 fully saturated rings. The Labute approximate surface area is 107 Å². The largest absolute Gasteiger partial charge is 0.324 e. The Morgan fingerprint density at radius 2 is 1.39 bits per heavy atom. The molecule has 3 aromatic carbocycles. The molecule has 0 heterocycles. The van der Waals surface area contributed by atoms with E-state index in [2.05, 4.69) is 61.5 Å². The first-order chi connectivity index (χ1) is 8.81. The zero-order valence-electron chi connectivity index (χ0n) is 10.6. The first-order valence-corrected chi connectivity index (χ1v) is 6.47. The van der Waals surface area contributed by atoms with Gasteiger partial charge in [0.15, 0.2) is 0 Å². The van der Waals surface area contributed by atoms with E-state index in [9.17, 15) is 0 Å². The summed E-state index contributed by atoms with van der Waals surface area (Å²) in [6.45, 7) is 2.14. The van der Waals surface area contributed by atoms with Crippen LogP contribution in [-0.2, 0) is 0 Å². The van der Waals surface area contributed by atoms with Crippen molar-refractivity contribution in [3.05, 3.63) is 60.2 Å². The third-order valence-corrected chi connectivity index (χ3v) is 3.62. The maximum atomic E-state index is 6.33. The molecule has 0 unspecified atom stereocenters. The monoisotopic (exact) mass is 235 g/mol. The molecule has 1 heteroatoms. The van der Waals surface area contributed by atoms with Gasteiger partial charge in [-0.15, -0.1) is 0 Å². The number of benzene rings is 3. The molecule has 0 bridgehead atoms. The topological polar surface area (TPSA) is 26.0 Å². The number of hydrogen-bond donors (Lipinski definition) is 1. The van der Waals surface area contributed by atoms with Crippen LogP contribution < -0.4 is 5.73 Å². The highest BCUT2D eigenvalue weighted by molar-refractivity contribution is 6.02. The van der Waals surface area contributed by atoms with Crippen LogP contribution in [0.25, 0.3) is 21.5 Å². The summed E-state index contributed by atoms with van der Waals surface area (Å²) in [5.41, 5.74) is 7.61. The van der Waals surface area contributed by atoms with Crippen molar-refractivity contribution in [2.45, 2.75) is 19.4 Å². The molecule has 0 saturated carbocycles. The van der Waals surface area contributed by atoms with Crippen LogP contribution in [0.5, 0.6) is 0 Å².